The third-order valence-corrected chi connectivity index (χ3v) is 5.12. The van der Waals surface area contributed by atoms with Crippen molar-refractivity contribution >= 4 is 23.6 Å². The van der Waals surface area contributed by atoms with Gasteiger partial charge < -0.3 is 15.5 Å². The van der Waals surface area contributed by atoms with Gasteiger partial charge in [0.05, 0.1) is 6.54 Å². The van der Waals surface area contributed by atoms with Gasteiger partial charge in [0.25, 0.3) is 11.8 Å². The Kier molecular flexibility index (Phi) is 8.98. The average molecular weight is 418 g/mol. The van der Waals surface area contributed by atoms with Crippen molar-refractivity contribution < 1.29 is 19.8 Å². The van der Waals surface area contributed by atoms with Crippen LogP contribution in [0.1, 0.15) is 27.9 Å². The maximum absolute atomic E-state index is 13.1. The van der Waals surface area contributed by atoms with Crippen LogP contribution >= 0.6 is 11.8 Å². The zero-order valence-electron chi connectivity index (χ0n) is 16.6. The molecule has 0 spiro atoms. The number of thioether (sulfide) groups is 1. The minimum Gasteiger partial charge on any atom is -0.508 e. The Morgan fingerprint density at radius 2 is 1.86 bits per heavy atom. The highest BCUT2D eigenvalue weighted by molar-refractivity contribution is 7.98. The van der Waals surface area contributed by atoms with Crippen molar-refractivity contribution in [2.24, 2.45) is 0 Å². The summed E-state index contributed by atoms with van der Waals surface area (Å²) < 4.78 is 0. The first kappa shape index (κ1) is 22.7. The number of phenols is 1. The van der Waals surface area contributed by atoms with Gasteiger partial charge >= 0.3 is 0 Å². The molecule has 0 bridgehead atoms. The van der Waals surface area contributed by atoms with Crippen LogP contribution < -0.4 is 10.7 Å². The monoisotopic (exact) mass is 417 g/mol. The van der Waals surface area contributed by atoms with Crippen molar-refractivity contribution in [2.75, 3.05) is 18.7 Å². The smallest absolute Gasteiger partial charge is 0.259 e. The zero-order valence-corrected chi connectivity index (χ0v) is 17.4. The van der Waals surface area contributed by atoms with Crippen LogP contribution in [0.3, 0.4) is 0 Å². The third-order valence-electron chi connectivity index (χ3n) is 4.48. The lowest BCUT2D eigenvalue weighted by molar-refractivity contribution is -0.138. The van der Waals surface area contributed by atoms with Gasteiger partial charge in [-0.25, -0.2) is 5.43 Å². The molecule has 0 radical (unpaired) electrons. The minimum atomic E-state index is -0.778. The Balaban J connectivity index is 2.20. The van der Waals surface area contributed by atoms with E-state index in [-0.39, 0.29) is 18.2 Å². The second kappa shape index (κ2) is 11.5. The maximum atomic E-state index is 13.1. The predicted molar refractivity (Wildman–Crippen MR) is 114 cm³/mol. The van der Waals surface area contributed by atoms with Gasteiger partial charge in [-0.3, -0.25) is 14.6 Å². The molecule has 4 N–H and O–H groups in total. The molecule has 2 aromatic rings. The first-order valence-corrected chi connectivity index (χ1v) is 10.6. The fraction of sp³-hybridized carbons (Fsp3) is 0.333. The molecular formula is C21H27N3O4S. The van der Waals surface area contributed by atoms with Crippen LogP contribution in [0.2, 0.25) is 0 Å². The van der Waals surface area contributed by atoms with Crippen LogP contribution in [0.5, 0.6) is 5.75 Å². The summed E-state index contributed by atoms with van der Waals surface area (Å²) >= 11 is 1.57. The number of nitrogens with one attached hydrogen (secondary N) is 2. The molecule has 2 amide bonds. The number of phenolic OH excluding ortho intramolecular Hbond substituents is 1. The number of carbonyl (C=O) groups excluding carboxylic acids is 2. The number of aliphatic hydroxyl groups is 1. The number of hydrogen-bond donors (Lipinski definition) is 4. The molecule has 1 atom stereocenters. The van der Waals surface area contributed by atoms with Gasteiger partial charge in [0.1, 0.15) is 18.5 Å². The topological polar surface area (TPSA) is 102 Å². The number of hydrogen-bond acceptors (Lipinski definition) is 6. The van der Waals surface area contributed by atoms with Crippen LogP contribution in [-0.2, 0) is 11.3 Å². The summed E-state index contributed by atoms with van der Waals surface area (Å²) in [7, 11) is 0. The van der Waals surface area contributed by atoms with Crippen molar-refractivity contribution in [3.8, 4) is 5.75 Å². The molecule has 0 aliphatic heterocycles. The first-order chi connectivity index (χ1) is 14.0. The SMILES string of the molecule is CSCC[C@H](NC(=O)c1cccc(O)c1C)C(=O)N(Cc1ccccc1)NCO. The summed E-state index contributed by atoms with van der Waals surface area (Å²) in [6.07, 6.45) is 2.36. The molecule has 7 nitrogen and oxygen atoms in total. The van der Waals surface area contributed by atoms with E-state index in [1.165, 1.54) is 11.1 Å². The molecule has 156 valence electrons. The largest absolute Gasteiger partial charge is 0.508 e. The van der Waals surface area contributed by atoms with Gasteiger partial charge in [-0.15, -0.1) is 0 Å². The third kappa shape index (κ3) is 6.49. The van der Waals surface area contributed by atoms with E-state index in [1.54, 1.807) is 30.8 Å². The summed E-state index contributed by atoms with van der Waals surface area (Å²) in [5.74, 6) is -0.0736. The van der Waals surface area contributed by atoms with Gasteiger partial charge in [-0.2, -0.15) is 11.8 Å². The molecule has 2 rings (SSSR count). The molecule has 0 fully saturated rings. The molecule has 0 aromatic heterocycles. The number of amides is 2. The Morgan fingerprint density at radius 1 is 1.14 bits per heavy atom. The van der Waals surface area contributed by atoms with Gasteiger partial charge in [-0.05, 0) is 43.0 Å². The van der Waals surface area contributed by atoms with Crippen molar-refractivity contribution in [3.05, 3.63) is 65.2 Å². The van der Waals surface area contributed by atoms with E-state index in [0.29, 0.717) is 23.3 Å². The van der Waals surface area contributed by atoms with E-state index in [9.17, 15) is 19.8 Å². The van der Waals surface area contributed by atoms with E-state index in [1.807, 2.05) is 36.6 Å². The summed E-state index contributed by atoms with van der Waals surface area (Å²) in [6.45, 7) is 1.49. The van der Waals surface area contributed by atoms with Crippen molar-refractivity contribution in [3.63, 3.8) is 0 Å². The highest BCUT2D eigenvalue weighted by Crippen LogP contribution is 2.20. The number of rotatable bonds is 10. The van der Waals surface area contributed by atoms with Gasteiger partial charge in [-0.1, -0.05) is 36.4 Å². The number of aromatic hydroxyl groups is 1. The van der Waals surface area contributed by atoms with Crippen molar-refractivity contribution in [1.82, 2.24) is 15.8 Å². The van der Waals surface area contributed by atoms with E-state index in [4.69, 9.17) is 0 Å². The molecule has 0 saturated carbocycles. The second-order valence-corrected chi connectivity index (χ2v) is 7.47. The summed E-state index contributed by atoms with van der Waals surface area (Å²) in [5, 5.41) is 23.3. The van der Waals surface area contributed by atoms with Gasteiger partial charge in [0.15, 0.2) is 0 Å². The summed E-state index contributed by atoms with van der Waals surface area (Å²) in [4.78, 5) is 25.9. The van der Waals surface area contributed by atoms with E-state index in [2.05, 4.69) is 10.7 Å². The Morgan fingerprint density at radius 3 is 2.52 bits per heavy atom. The molecule has 29 heavy (non-hydrogen) atoms. The quantitative estimate of drug-likeness (QED) is 0.349. The fourth-order valence-corrected chi connectivity index (χ4v) is 3.32. The lowest BCUT2D eigenvalue weighted by Crippen LogP contribution is -2.53. The zero-order chi connectivity index (χ0) is 21.2. The lowest BCUT2D eigenvalue weighted by atomic mass is 10.1. The normalized spacial score (nSPS) is 11.7. The van der Waals surface area contributed by atoms with Crippen LogP contribution in [0.4, 0.5) is 0 Å². The minimum absolute atomic E-state index is 0.0253. The average Bonchev–Trinajstić information content (AvgIpc) is 2.73. The second-order valence-electron chi connectivity index (χ2n) is 6.48. The van der Waals surface area contributed by atoms with Gasteiger partial charge in [0.2, 0.25) is 0 Å². The molecule has 0 heterocycles. The molecule has 2 aromatic carbocycles. The summed E-state index contributed by atoms with van der Waals surface area (Å²) in [5.41, 5.74) is 4.32. The molecule has 0 saturated heterocycles. The number of benzene rings is 2. The standard InChI is InChI=1S/C21H27N3O4S/c1-15-17(9-6-10-19(15)26)20(27)23-18(11-12-29-2)21(28)24(22-14-25)13-16-7-4-3-5-8-16/h3-10,18,22,25-26H,11-14H2,1-2H3,(H,23,27)/t18-/m0/s1. The predicted octanol–water partition coefficient (Wildman–Crippen LogP) is 2.04. The number of aliphatic hydroxyl groups excluding tert-OH is 1. The highest BCUT2D eigenvalue weighted by Gasteiger charge is 2.27. The number of hydrazine groups is 1. The Labute approximate surface area is 175 Å². The van der Waals surface area contributed by atoms with E-state index >= 15 is 0 Å². The number of nitrogens with zero attached hydrogens (tertiary/aromatic N) is 1. The summed E-state index contributed by atoms with van der Waals surface area (Å²) in [6, 6.07) is 13.3. The molecule has 0 unspecified atom stereocenters. The lowest BCUT2D eigenvalue weighted by Gasteiger charge is -2.28. The van der Waals surface area contributed by atoms with E-state index in [0.717, 1.165) is 5.56 Å². The van der Waals surface area contributed by atoms with Crippen LogP contribution in [0, 0.1) is 6.92 Å². The van der Waals surface area contributed by atoms with Crippen molar-refractivity contribution in [2.45, 2.75) is 25.9 Å². The number of carbonyl (C=O) groups is 2. The first-order valence-electron chi connectivity index (χ1n) is 9.26. The van der Waals surface area contributed by atoms with Gasteiger partial charge in [0, 0.05) is 11.1 Å². The maximum Gasteiger partial charge on any atom is 0.259 e. The van der Waals surface area contributed by atoms with Crippen LogP contribution in [0.15, 0.2) is 48.5 Å². The molecular weight excluding hydrogens is 390 g/mol. The van der Waals surface area contributed by atoms with Crippen LogP contribution in [-0.4, -0.2) is 51.8 Å². The fourth-order valence-electron chi connectivity index (χ4n) is 2.85. The Bertz CT molecular complexity index is 817. The van der Waals surface area contributed by atoms with Crippen LogP contribution in [0.25, 0.3) is 0 Å². The highest BCUT2D eigenvalue weighted by atomic mass is 32.2. The van der Waals surface area contributed by atoms with Crippen molar-refractivity contribution in [1.29, 1.82) is 0 Å². The molecule has 0 aliphatic rings. The Hall–Kier alpha value is -2.55. The molecule has 0 aliphatic carbocycles. The van der Waals surface area contributed by atoms with E-state index < -0.39 is 18.7 Å². The molecule has 8 heteroatoms.